The second kappa shape index (κ2) is 9.13. The Bertz CT molecular complexity index is 1130. The van der Waals surface area contributed by atoms with Gasteiger partial charge in [0.1, 0.15) is 0 Å². The number of aromatic nitrogens is 2. The van der Waals surface area contributed by atoms with E-state index in [1.54, 1.807) is 30.6 Å². The van der Waals surface area contributed by atoms with Crippen LogP contribution >= 0.6 is 46.6 Å². The van der Waals surface area contributed by atoms with Crippen LogP contribution in [0.3, 0.4) is 0 Å². The van der Waals surface area contributed by atoms with Gasteiger partial charge in [-0.25, -0.2) is 0 Å². The molecular formula is C18H10Cl3N4NaOS. The number of nitrogens with zero attached hydrogens (tertiary/aromatic N) is 3. The Kier molecular flexibility index (Phi) is 7.04. The quantitative estimate of drug-likeness (QED) is 0.430. The van der Waals surface area contributed by atoms with Crippen molar-refractivity contribution in [2.45, 2.75) is 0 Å². The van der Waals surface area contributed by atoms with E-state index in [9.17, 15) is 4.79 Å². The van der Waals surface area contributed by atoms with Gasteiger partial charge >= 0.3 is 29.6 Å². The molecule has 1 amide bonds. The van der Waals surface area contributed by atoms with Crippen molar-refractivity contribution in [3.63, 3.8) is 0 Å². The topological polar surface area (TPSA) is 67.2 Å². The molecule has 10 heteroatoms. The number of halogens is 3. The molecule has 0 atom stereocenters. The van der Waals surface area contributed by atoms with Gasteiger partial charge in [0.2, 0.25) is 0 Å². The Balaban J connectivity index is 0.00000225. The van der Waals surface area contributed by atoms with Crippen molar-refractivity contribution in [3.8, 4) is 0 Å². The predicted molar refractivity (Wildman–Crippen MR) is 120 cm³/mol. The Morgan fingerprint density at radius 1 is 0.964 bits per heavy atom. The van der Waals surface area contributed by atoms with Gasteiger partial charge in [-0.3, -0.25) is 14.8 Å². The van der Waals surface area contributed by atoms with Crippen LogP contribution in [0.5, 0.6) is 0 Å². The number of thioether (sulfide) groups is 1. The van der Waals surface area contributed by atoms with Gasteiger partial charge in [0.25, 0.3) is 5.91 Å². The molecule has 4 rings (SSSR count). The van der Waals surface area contributed by atoms with E-state index in [0.717, 1.165) is 16.6 Å². The fourth-order valence-corrected chi connectivity index (χ4v) is 4.18. The molecule has 1 aromatic heterocycles. The third-order valence-electron chi connectivity index (χ3n) is 3.65. The zero-order valence-electron chi connectivity index (χ0n) is 13.4. The monoisotopic (exact) mass is 458 g/mol. The third kappa shape index (κ3) is 4.71. The Morgan fingerprint density at radius 2 is 1.64 bits per heavy atom. The average Bonchev–Trinajstić information content (AvgIpc) is 2.97. The Labute approximate surface area is 201 Å². The fraction of sp³-hybridized carbons (Fsp3) is 0. The molecule has 0 saturated heterocycles. The van der Waals surface area contributed by atoms with Crippen LogP contribution in [0.1, 0.15) is 5.56 Å². The molecule has 1 aliphatic heterocycles. The van der Waals surface area contributed by atoms with Crippen LogP contribution in [-0.2, 0) is 4.79 Å². The van der Waals surface area contributed by atoms with Crippen LogP contribution in [0.25, 0.3) is 17.1 Å². The Morgan fingerprint density at radius 3 is 2.36 bits per heavy atom. The standard InChI is InChI=1S/C18H9Cl3N4OS.Na.H/c19-10-7-11(20)16(12(21)8-10)24-18-25-17(26)15(27-18)6-9-1-2-13-14(5-9)23-4-3-22-13;;/h1-8H,(H,24,25,26);;. The number of rotatable bonds is 2. The summed E-state index contributed by atoms with van der Waals surface area (Å²) in [5.74, 6) is -0.344. The molecule has 1 aliphatic rings. The summed E-state index contributed by atoms with van der Waals surface area (Å²) < 4.78 is 0. The van der Waals surface area contributed by atoms with E-state index in [1.165, 1.54) is 11.8 Å². The Hall–Kier alpha value is -1.12. The normalized spacial score (nSPS) is 14.9. The van der Waals surface area contributed by atoms with E-state index in [1.807, 2.05) is 18.2 Å². The van der Waals surface area contributed by atoms with Crippen molar-refractivity contribution in [1.29, 1.82) is 0 Å². The number of amides is 1. The average molecular weight is 460 g/mol. The first kappa shape index (κ1) is 21.6. The molecular weight excluding hydrogens is 450 g/mol. The number of hydrogen-bond donors (Lipinski definition) is 1. The summed E-state index contributed by atoms with van der Waals surface area (Å²) in [5.41, 5.74) is 2.82. The molecule has 0 spiro atoms. The number of anilines is 1. The van der Waals surface area contributed by atoms with Crippen molar-refractivity contribution < 1.29 is 4.79 Å². The zero-order chi connectivity index (χ0) is 19.0. The minimum atomic E-state index is -0.344. The van der Waals surface area contributed by atoms with Crippen LogP contribution in [0.15, 0.2) is 52.6 Å². The van der Waals surface area contributed by atoms with E-state index < -0.39 is 0 Å². The number of hydrogen-bond acceptors (Lipinski definition) is 5. The van der Waals surface area contributed by atoms with Gasteiger partial charge in [-0.15, -0.1) is 0 Å². The van der Waals surface area contributed by atoms with Gasteiger partial charge in [0.05, 0.1) is 31.7 Å². The van der Waals surface area contributed by atoms with E-state index in [-0.39, 0.29) is 35.5 Å². The third-order valence-corrected chi connectivity index (χ3v) is 5.36. The van der Waals surface area contributed by atoms with E-state index >= 15 is 0 Å². The zero-order valence-corrected chi connectivity index (χ0v) is 16.5. The van der Waals surface area contributed by atoms with Crippen molar-refractivity contribution in [2.75, 3.05) is 5.32 Å². The number of carbonyl (C=O) groups is 1. The molecule has 3 aromatic rings. The minimum absolute atomic E-state index is 0. The maximum absolute atomic E-state index is 12.2. The summed E-state index contributed by atoms with van der Waals surface area (Å²) in [4.78, 5) is 25.2. The number of fused-ring (bicyclic) bond motifs is 1. The summed E-state index contributed by atoms with van der Waals surface area (Å²) in [7, 11) is 0. The van der Waals surface area contributed by atoms with E-state index in [0.29, 0.717) is 30.8 Å². The SMILES string of the molecule is O=C1N=C(Nc2c(Cl)cc(Cl)cc2Cl)SC1=Cc1ccc2nccnc2c1.[NaH]. The van der Waals surface area contributed by atoms with Crippen LogP contribution in [0, 0.1) is 0 Å². The summed E-state index contributed by atoms with van der Waals surface area (Å²) in [6, 6.07) is 8.71. The first-order chi connectivity index (χ1) is 13.0. The first-order valence-electron chi connectivity index (χ1n) is 7.64. The maximum atomic E-state index is 12.2. The molecule has 5 nitrogen and oxygen atoms in total. The van der Waals surface area contributed by atoms with Gasteiger partial charge in [-0.2, -0.15) is 4.99 Å². The van der Waals surface area contributed by atoms with Crippen molar-refractivity contribution in [2.24, 2.45) is 4.99 Å². The molecule has 2 aromatic carbocycles. The van der Waals surface area contributed by atoms with Crippen molar-refractivity contribution in [3.05, 3.63) is 68.3 Å². The van der Waals surface area contributed by atoms with Crippen LogP contribution < -0.4 is 5.32 Å². The number of nitrogens with one attached hydrogen (secondary N) is 1. The van der Waals surface area contributed by atoms with E-state index in [4.69, 9.17) is 34.8 Å². The molecule has 0 bridgehead atoms. The second-order valence-corrected chi connectivity index (χ2v) is 7.79. The van der Waals surface area contributed by atoms with Crippen LogP contribution in [0.4, 0.5) is 5.69 Å². The number of carbonyl (C=O) groups excluding carboxylic acids is 1. The molecule has 136 valence electrons. The number of aliphatic imine (C=N–C) groups is 1. The molecule has 0 radical (unpaired) electrons. The molecule has 28 heavy (non-hydrogen) atoms. The van der Waals surface area contributed by atoms with Crippen molar-refractivity contribution in [1.82, 2.24) is 9.97 Å². The molecule has 0 unspecified atom stereocenters. The summed E-state index contributed by atoms with van der Waals surface area (Å²) in [5, 5.41) is 4.48. The summed E-state index contributed by atoms with van der Waals surface area (Å²) in [6.07, 6.45) is 5.01. The number of amidine groups is 1. The first-order valence-corrected chi connectivity index (χ1v) is 9.59. The van der Waals surface area contributed by atoms with Gasteiger partial charge in [0.15, 0.2) is 5.17 Å². The molecule has 0 aliphatic carbocycles. The number of benzene rings is 2. The van der Waals surface area contributed by atoms with Crippen LogP contribution in [0.2, 0.25) is 15.1 Å². The van der Waals surface area contributed by atoms with Crippen LogP contribution in [-0.4, -0.2) is 50.6 Å². The fourth-order valence-electron chi connectivity index (χ4n) is 2.45. The van der Waals surface area contributed by atoms with Gasteiger partial charge in [-0.1, -0.05) is 40.9 Å². The summed E-state index contributed by atoms with van der Waals surface area (Å²) in [6.45, 7) is 0. The molecule has 1 N–H and O–H groups in total. The van der Waals surface area contributed by atoms with Gasteiger partial charge in [-0.05, 0) is 47.7 Å². The van der Waals surface area contributed by atoms with Crippen molar-refractivity contribution >= 4 is 110 Å². The van der Waals surface area contributed by atoms with E-state index in [2.05, 4.69) is 20.3 Å². The molecule has 0 saturated carbocycles. The molecule has 0 fully saturated rings. The van der Waals surface area contributed by atoms with Gasteiger partial charge in [0, 0.05) is 17.4 Å². The molecule has 2 heterocycles. The predicted octanol–water partition coefficient (Wildman–Crippen LogP) is 5.02. The summed E-state index contributed by atoms with van der Waals surface area (Å²) >= 11 is 19.4. The van der Waals surface area contributed by atoms with Gasteiger partial charge < -0.3 is 5.32 Å². The second-order valence-electron chi connectivity index (χ2n) is 5.51.